The molecule has 0 aromatic rings. The molecule has 11 heavy (non-hydrogen) atoms. The van der Waals surface area contributed by atoms with Crippen LogP contribution in [0.2, 0.25) is 0 Å². The lowest BCUT2D eigenvalue weighted by molar-refractivity contribution is -0.129. The van der Waals surface area contributed by atoms with Crippen LogP contribution in [0, 0.1) is 0 Å². The summed E-state index contributed by atoms with van der Waals surface area (Å²) in [7, 11) is 1.80. The van der Waals surface area contributed by atoms with E-state index in [1.165, 1.54) is 0 Å². The lowest BCUT2D eigenvalue weighted by atomic mass is 10.2. The molecule has 1 aliphatic heterocycles. The fourth-order valence-corrected chi connectivity index (χ4v) is 1.37. The first-order chi connectivity index (χ1) is 5.25. The quantitative estimate of drug-likeness (QED) is 0.606. The summed E-state index contributed by atoms with van der Waals surface area (Å²) in [6.07, 6.45) is 0.954. The van der Waals surface area contributed by atoms with E-state index in [2.05, 4.69) is 12.6 Å². The molecule has 1 aliphatic rings. The molecule has 1 saturated heterocycles. The predicted octanol–water partition coefficient (Wildman–Crippen LogP) is 0.163. The Balaban J connectivity index is 2.39. The monoisotopic (exact) mass is 175 g/mol. The van der Waals surface area contributed by atoms with Crippen molar-refractivity contribution in [3.8, 4) is 0 Å². The van der Waals surface area contributed by atoms with Gasteiger partial charge in [-0.1, -0.05) is 0 Å². The van der Waals surface area contributed by atoms with Crippen LogP contribution in [0.3, 0.4) is 0 Å². The maximum atomic E-state index is 11.1. The molecule has 0 aromatic heterocycles. The maximum Gasteiger partial charge on any atom is 0.232 e. The van der Waals surface area contributed by atoms with Crippen molar-refractivity contribution in [2.45, 2.75) is 12.5 Å². The van der Waals surface area contributed by atoms with E-state index < -0.39 is 0 Å². The second-order valence-electron chi connectivity index (χ2n) is 2.68. The summed E-state index contributed by atoms with van der Waals surface area (Å²) in [6, 6.07) is 0.273. The van der Waals surface area contributed by atoms with Crippen molar-refractivity contribution < 1.29 is 9.53 Å². The second-order valence-corrected chi connectivity index (χ2v) is 3.00. The first-order valence-corrected chi connectivity index (χ1v) is 4.33. The van der Waals surface area contributed by atoms with Crippen molar-refractivity contribution in [3.05, 3.63) is 0 Å². The molecular formula is C7H13NO2S. The lowest BCUT2D eigenvalue weighted by Crippen LogP contribution is -2.38. The average Bonchev–Trinajstić information content (AvgIpc) is 2.53. The third-order valence-corrected chi connectivity index (χ3v) is 2.25. The zero-order valence-electron chi connectivity index (χ0n) is 6.62. The highest BCUT2D eigenvalue weighted by atomic mass is 32.1. The van der Waals surface area contributed by atoms with Gasteiger partial charge in [0.25, 0.3) is 0 Å². The number of likely N-dealkylation sites (N-methyl/N-ethyl adjacent to an activating group) is 1. The van der Waals surface area contributed by atoms with Crippen LogP contribution < -0.4 is 0 Å². The van der Waals surface area contributed by atoms with Gasteiger partial charge in [0.05, 0.1) is 18.4 Å². The summed E-state index contributed by atoms with van der Waals surface area (Å²) in [6.45, 7) is 1.45. The van der Waals surface area contributed by atoms with Gasteiger partial charge in [-0.2, -0.15) is 12.6 Å². The fraction of sp³-hybridized carbons (Fsp3) is 0.857. The van der Waals surface area contributed by atoms with Gasteiger partial charge in [0.1, 0.15) is 0 Å². The number of thiol groups is 1. The Morgan fingerprint density at radius 1 is 1.82 bits per heavy atom. The van der Waals surface area contributed by atoms with E-state index in [0.717, 1.165) is 13.0 Å². The minimum absolute atomic E-state index is 0.0730. The van der Waals surface area contributed by atoms with Crippen molar-refractivity contribution in [3.63, 3.8) is 0 Å². The molecule has 4 heteroatoms. The van der Waals surface area contributed by atoms with Crippen molar-refractivity contribution in [1.29, 1.82) is 0 Å². The van der Waals surface area contributed by atoms with Crippen LogP contribution in [-0.4, -0.2) is 42.9 Å². The van der Waals surface area contributed by atoms with Crippen molar-refractivity contribution in [2.24, 2.45) is 0 Å². The second kappa shape index (κ2) is 3.97. The molecule has 0 spiro atoms. The molecule has 1 fully saturated rings. The molecule has 1 atom stereocenters. The molecule has 64 valence electrons. The van der Waals surface area contributed by atoms with Gasteiger partial charge in [0, 0.05) is 13.7 Å². The van der Waals surface area contributed by atoms with Crippen molar-refractivity contribution in [1.82, 2.24) is 4.90 Å². The summed E-state index contributed by atoms with van der Waals surface area (Å²) in [5.74, 6) is 0.358. The smallest absolute Gasteiger partial charge is 0.232 e. The van der Waals surface area contributed by atoms with Gasteiger partial charge in [-0.25, -0.2) is 0 Å². The summed E-state index contributed by atoms with van der Waals surface area (Å²) < 4.78 is 5.15. The van der Waals surface area contributed by atoms with Gasteiger partial charge in [-0.15, -0.1) is 0 Å². The lowest BCUT2D eigenvalue weighted by Gasteiger charge is -2.21. The van der Waals surface area contributed by atoms with E-state index >= 15 is 0 Å². The summed E-state index contributed by atoms with van der Waals surface area (Å²) in [4.78, 5) is 12.8. The minimum atomic E-state index is 0.0730. The molecule has 0 N–H and O–H groups in total. The Bertz CT molecular complexity index is 145. The highest BCUT2D eigenvalue weighted by Gasteiger charge is 2.22. The summed E-state index contributed by atoms with van der Waals surface area (Å²) in [5.41, 5.74) is 0. The zero-order valence-corrected chi connectivity index (χ0v) is 7.51. The highest BCUT2D eigenvalue weighted by molar-refractivity contribution is 7.81. The number of carbonyl (C=O) groups is 1. The van der Waals surface area contributed by atoms with E-state index in [1.807, 2.05) is 0 Å². The molecule has 1 unspecified atom stereocenters. The van der Waals surface area contributed by atoms with Gasteiger partial charge >= 0.3 is 0 Å². The zero-order chi connectivity index (χ0) is 8.27. The molecule has 1 rings (SSSR count). The standard InChI is InChI=1S/C7H13NO2S/c1-8(7(9)5-11)6-2-3-10-4-6/h6,11H,2-5H2,1H3. The maximum absolute atomic E-state index is 11.1. The van der Waals surface area contributed by atoms with E-state index in [9.17, 15) is 4.79 Å². The predicted molar refractivity (Wildman–Crippen MR) is 45.8 cm³/mol. The van der Waals surface area contributed by atoms with Crippen LogP contribution in [-0.2, 0) is 9.53 Å². The number of ether oxygens (including phenoxy) is 1. The van der Waals surface area contributed by atoms with Gasteiger partial charge in [0.15, 0.2) is 0 Å². The molecule has 0 aromatic carbocycles. The van der Waals surface area contributed by atoms with Crippen LogP contribution in [0.25, 0.3) is 0 Å². The summed E-state index contributed by atoms with van der Waals surface area (Å²) >= 11 is 3.92. The first-order valence-electron chi connectivity index (χ1n) is 3.70. The van der Waals surface area contributed by atoms with Crippen molar-refractivity contribution in [2.75, 3.05) is 26.0 Å². The van der Waals surface area contributed by atoms with Gasteiger partial charge in [-0.05, 0) is 6.42 Å². The van der Waals surface area contributed by atoms with E-state index in [1.54, 1.807) is 11.9 Å². The molecular weight excluding hydrogens is 162 g/mol. The number of rotatable bonds is 2. The molecule has 0 aliphatic carbocycles. The van der Waals surface area contributed by atoms with Crippen LogP contribution in [0.4, 0.5) is 0 Å². The number of hydrogen-bond donors (Lipinski definition) is 1. The van der Waals surface area contributed by atoms with Gasteiger partial charge in [0.2, 0.25) is 5.91 Å². The number of carbonyl (C=O) groups excluding carboxylic acids is 1. The Morgan fingerprint density at radius 2 is 2.55 bits per heavy atom. The molecule has 0 saturated carbocycles. The topological polar surface area (TPSA) is 29.5 Å². The van der Waals surface area contributed by atoms with Gasteiger partial charge in [-0.3, -0.25) is 4.79 Å². The van der Waals surface area contributed by atoms with Crippen molar-refractivity contribution >= 4 is 18.5 Å². The van der Waals surface area contributed by atoms with E-state index in [4.69, 9.17) is 4.74 Å². The minimum Gasteiger partial charge on any atom is -0.379 e. The molecule has 0 bridgehead atoms. The third-order valence-electron chi connectivity index (χ3n) is 1.98. The highest BCUT2D eigenvalue weighted by Crippen LogP contribution is 2.10. The molecule has 1 amide bonds. The molecule has 0 radical (unpaired) electrons. The number of nitrogens with zero attached hydrogens (tertiary/aromatic N) is 1. The van der Waals surface area contributed by atoms with Crippen LogP contribution in [0.15, 0.2) is 0 Å². The first kappa shape index (κ1) is 8.87. The normalized spacial score (nSPS) is 23.6. The van der Waals surface area contributed by atoms with Crippen LogP contribution in [0.1, 0.15) is 6.42 Å². The number of amides is 1. The van der Waals surface area contributed by atoms with Crippen LogP contribution in [0.5, 0.6) is 0 Å². The number of hydrogen-bond acceptors (Lipinski definition) is 3. The fourth-order valence-electron chi connectivity index (χ4n) is 1.14. The largest absolute Gasteiger partial charge is 0.379 e. The van der Waals surface area contributed by atoms with Crippen LogP contribution >= 0.6 is 12.6 Å². The Labute approximate surface area is 72.1 Å². The van der Waals surface area contributed by atoms with E-state index in [-0.39, 0.29) is 17.7 Å². The Morgan fingerprint density at radius 3 is 3.00 bits per heavy atom. The van der Waals surface area contributed by atoms with Gasteiger partial charge < -0.3 is 9.64 Å². The SMILES string of the molecule is CN(C(=O)CS)C1CCOC1. The Kier molecular flexibility index (Phi) is 3.20. The average molecular weight is 175 g/mol. The van der Waals surface area contributed by atoms with E-state index in [0.29, 0.717) is 6.61 Å². The Hall–Kier alpha value is -0.220. The third kappa shape index (κ3) is 2.10. The molecule has 1 heterocycles. The molecule has 3 nitrogen and oxygen atoms in total. The summed E-state index contributed by atoms with van der Waals surface area (Å²) in [5, 5.41) is 0.